The molecule has 1 aromatic heterocycles. The molecule has 0 fully saturated rings. The maximum Gasteiger partial charge on any atom is 0.105 e. The number of hydrogen-bond donors (Lipinski definition) is 1. The van der Waals surface area contributed by atoms with Gasteiger partial charge in [0.05, 0.1) is 6.26 Å². The van der Waals surface area contributed by atoms with Crippen LogP contribution in [0.1, 0.15) is 39.4 Å². The van der Waals surface area contributed by atoms with Crippen LogP contribution in [0.25, 0.3) is 0 Å². The van der Waals surface area contributed by atoms with Gasteiger partial charge in [-0.05, 0) is 31.0 Å². The van der Waals surface area contributed by atoms with Gasteiger partial charge in [-0.1, -0.05) is 27.2 Å². The first-order chi connectivity index (χ1) is 7.27. The number of hydrogen-bond acceptors (Lipinski definition) is 2. The third-order valence-electron chi connectivity index (χ3n) is 2.99. The fraction of sp³-hybridized carbons (Fsp3) is 0.692. The van der Waals surface area contributed by atoms with Crippen LogP contribution in [-0.2, 0) is 6.42 Å². The fourth-order valence-corrected chi connectivity index (χ4v) is 1.73. The van der Waals surface area contributed by atoms with Crippen molar-refractivity contribution in [2.45, 2.75) is 46.1 Å². The Morgan fingerprint density at radius 1 is 1.40 bits per heavy atom. The quantitative estimate of drug-likeness (QED) is 0.745. The molecule has 0 aliphatic rings. The van der Waals surface area contributed by atoms with Crippen molar-refractivity contribution < 1.29 is 4.42 Å². The lowest BCUT2D eigenvalue weighted by Crippen LogP contribution is -2.37. The Bertz CT molecular complexity index is 243. The Kier molecular flexibility index (Phi) is 5.48. The molecule has 0 bridgehead atoms. The molecule has 1 aromatic rings. The van der Waals surface area contributed by atoms with Gasteiger partial charge < -0.3 is 9.73 Å². The zero-order valence-electron chi connectivity index (χ0n) is 10.1. The Balaban J connectivity index is 2.48. The van der Waals surface area contributed by atoms with Gasteiger partial charge in [-0.3, -0.25) is 0 Å². The molecule has 0 aliphatic heterocycles. The van der Waals surface area contributed by atoms with Gasteiger partial charge in [0, 0.05) is 12.5 Å². The first-order valence-corrected chi connectivity index (χ1v) is 6.03. The molecule has 2 atom stereocenters. The summed E-state index contributed by atoms with van der Waals surface area (Å²) in [5, 5.41) is 3.60. The van der Waals surface area contributed by atoms with E-state index in [9.17, 15) is 0 Å². The Morgan fingerprint density at radius 3 is 2.73 bits per heavy atom. The van der Waals surface area contributed by atoms with Crippen LogP contribution < -0.4 is 5.32 Å². The van der Waals surface area contributed by atoms with Crippen LogP contribution in [0, 0.1) is 5.92 Å². The summed E-state index contributed by atoms with van der Waals surface area (Å²) in [4.78, 5) is 0. The monoisotopic (exact) mass is 209 g/mol. The highest BCUT2D eigenvalue weighted by atomic mass is 16.3. The molecule has 0 saturated carbocycles. The van der Waals surface area contributed by atoms with Crippen molar-refractivity contribution in [3.05, 3.63) is 24.2 Å². The average Bonchev–Trinajstić information content (AvgIpc) is 2.75. The third-order valence-corrected chi connectivity index (χ3v) is 2.99. The molecule has 0 spiro atoms. The predicted octanol–water partition coefficient (Wildman–Crippen LogP) is 3.24. The van der Waals surface area contributed by atoms with Crippen LogP contribution in [0.2, 0.25) is 0 Å². The first kappa shape index (κ1) is 12.3. The average molecular weight is 209 g/mol. The van der Waals surface area contributed by atoms with Gasteiger partial charge in [0.15, 0.2) is 0 Å². The highest BCUT2D eigenvalue weighted by Crippen LogP contribution is 2.14. The fourth-order valence-electron chi connectivity index (χ4n) is 1.73. The summed E-state index contributed by atoms with van der Waals surface area (Å²) in [5.74, 6) is 1.78. The lowest BCUT2D eigenvalue weighted by molar-refractivity contribution is 0.343. The Morgan fingerprint density at radius 2 is 2.20 bits per heavy atom. The molecule has 2 unspecified atom stereocenters. The van der Waals surface area contributed by atoms with Gasteiger partial charge in [0.2, 0.25) is 0 Å². The van der Waals surface area contributed by atoms with Crippen molar-refractivity contribution in [3.63, 3.8) is 0 Å². The number of furan rings is 1. The summed E-state index contributed by atoms with van der Waals surface area (Å²) in [7, 11) is 0. The van der Waals surface area contributed by atoms with Gasteiger partial charge in [0.1, 0.15) is 5.76 Å². The molecule has 86 valence electrons. The minimum absolute atomic E-state index is 0.543. The van der Waals surface area contributed by atoms with E-state index >= 15 is 0 Å². The lowest BCUT2D eigenvalue weighted by Gasteiger charge is -2.23. The van der Waals surface area contributed by atoms with Gasteiger partial charge >= 0.3 is 0 Å². The van der Waals surface area contributed by atoms with Crippen LogP contribution in [0.5, 0.6) is 0 Å². The van der Waals surface area contributed by atoms with Gasteiger partial charge in [-0.25, -0.2) is 0 Å². The lowest BCUT2D eigenvalue weighted by atomic mass is 9.95. The standard InChI is InChI=1S/C13H23NO/c1-4-8-14-13(11(3)5-2)10-12-7-6-9-15-12/h6-7,9,11,13-14H,4-5,8,10H2,1-3H3. The molecular formula is C13H23NO. The summed E-state index contributed by atoms with van der Waals surface area (Å²) in [6, 6.07) is 4.56. The maximum atomic E-state index is 5.40. The van der Waals surface area contributed by atoms with Gasteiger partial charge in [-0.2, -0.15) is 0 Å². The second-order valence-electron chi connectivity index (χ2n) is 4.23. The zero-order chi connectivity index (χ0) is 11.1. The molecular weight excluding hydrogens is 186 g/mol. The van der Waals surface area contributed by atoms with E-state index in [1.165, 1.54) is 12.8 Å². The first-order valence-electron chi connectivity index (χ1n) is 6.03. The molecule has 0 amide bonds. The predicted molar refractivity (Wildman–Crippen MR) is 63.9 cm³/mol. The second-order valence-corrected chi connectivity index (χ2v) is 4.23. The van der Waals surface area contributed by atoms with E-state index in [1.807, 2.05) is 6.07 Å². The highest BCUT2D eigenvalue weighted by Gasteiger charge is 2.16. The van der Waals surface area contributed by atoms with Crippen LogP contribution >= 0.6 is 0 Å². The SMILES string of the molecule is CCCNC(Cc1ccco1)C(C)CC. The van der Waals surface area contributed by atoms with Crippen LogP contribution in [0.15, 0.2) is 22.8 Å². The zero-order valence-corrected chi connectivity index (χ0v) is 10.1. The Labute approximate surface area is 93.1 Å². The maximum absolute atomic E-state index is 5.40. The molecule has 0 aromatic carbocycles. The molecule has 0 radical (unpaired) electrons. The van der Waals surface area contributed by atoms with Gasteiger partial charge in [-0.15, -0.1) is 0 Å². The molecule has 0 aliphatic carbocycles. The van der Waals surface area contributed by atoms with Crippen molar-refractivity contribution in [2.24, 2.45) is 5.92 Å². The van der Waals surface area contributed by atoms with Crippen molar-refractivity contribution >= 4 is 0 Å². The Hall–Kier alpha value is -0.760. The van der Waals surface area contributed by atoms with Crippen LogP contribution in [0.4, 0.5) is 0 Å². The minimum atomic E-state index is 0.543. The van der Waals surface area contributed by atoms with E-state index in [2.05, 4.69) is 32.2 Å². The topological polar surface area (TPSA) is 25.2 Å². The number of nitrogens with one attached hydrogen (secondary N) is 1. The summed E-state index contributed by atoms with van der Waals surface area (Å²) in [6.07, 6.45) is 5.15. The molecule has 1 heterocycles. The van der Waals surface area contributed by atoms with E-state index in [0.29, 0.717) is 12.0 Å². The molecule has 15 heavy (non-hydrogen) atoms. The molecule has 1 N–H and O–H groups in total. The summed E-state index contributed by atoms with van der Waals surface area (Å²) < 4.78 is 5.40. The third kappa shape index (κ3) is 4.08. The largest absolute Gasteiger partial charge is 0.469 e. The van der Waals surface area contributed by atoms with E-state index in [0.717, 1.165) is 18.7 Å². The van der Waals surface area contributed by atoms with Crippen LogP contribution in [0.3, 0.4) is 0 Å². The van der Waals surface area contributed by atoms with Crippen molar-refractivity contribution in [2.75, 3.05) is 6.54 Å². The van der Waals surface area contributed by atoms with Gasteiger partial charge in [0.25, 0.3) is 0 Å². The summed E-state index contributed by atoms with van der Waals surface area (Å²) >= 11 is 0. The molecule has 2 heteroatoms. The minimum Gasteiger partial charge on any atom is -0.469 e. The molecule has 0 saturated heterocycles. The van der Waals surface area contributed by atoms with Crippen LogP contribution in [-0.4, -0.2) is 12.6 Å². The summed E-state index contributed by atoms with van der Waals surface area (Å²) in [5.41, 5.74) is 0. The van der Waals surface area contributed by atoms with Crippen molar-refractivity contribution in [3.8, 4) is 0 Å². The van der Waals surface area contributed by atoms with E-state index < -0.39 is 0 Å². The van der Waals surface area contributed by atoms with E-state index in [4.69, 9.17) is 4.42 Å². The molecule has 1 rings (SSSR count). The number of rotatable bonds is 7. The molecule has 2 nitrogen and oxygen atoms in total. The normalized spacial score (nSPS) is 15.1. The van der Waals surface area contributed by atoms with Crippen molar-refractivity contribution in [1.82, 2.24) is 5.32 Å². The van der Waals surface area contributed by atoms with Crippen molar-refractivity contribution in [1.29, 1.82) is 0 Å². The second kappa shape index (κ2) is 6.67. The van der Waals surface area contributed by atoms with E-state index in [1.54, 1.807) is 6.26 Å². The smallest absolute Gasteiger partial charge is 0.105 e. The highest BCUT2D eigenvalue weighted by molar-refractivity contribution is 5.01. The van der Waals surface area contributed by atoms with E-state index in [-0.39, 0.29) is 0 Å². The summed E-state index contributed by atoms with van der Waals surface area (Å²) in [6.45, 7) is 7.84.